The standard InChI is InChI=1S/C29H37Cl2NO3S/c1-6-15-29(5)17-24(21-9-8-10-23(31)16-21)26(20-11-13-22(30)14-12-20)27(28(29)33)25(19(3)4)18-32-36(34,35)7-2/h6,8-14,16,19,24-27,32H,1,7,15,17-18H2,2-5H3/t24-,25-,26-,27?,29+/m1/s1. The number of carbonyl (C=O) groups is 1. The number of carbonyl (C=O) groups excluding carboxylic acids is 1. The number of hydrogen-bond acceptors (Lipinski definition) is 3. The Balaban J connectivity index is 2.23. The predicted octanol–water partition coefficient (Wildman–Crippen LogP) is 7.24. The van der Waals surface area contributed by atoms with Gasteiger partial charge in [-0.15, -0.1) is 6.58 Å². The lowest BCUT2D eigenvalue weighted by Crippen LogP contribution is -2.51. The number of ketones is 1. The van der Waals surface area contributed by atoms with Crippen LogP contribution < -0.4 is 4.72 Å². The first kappa shape index (κ1) is 28.9. The van der Waals surface area contributed by atoms with Gasteiger partial charge in [-0.25, -0.2) is 13.1 Å². The molecule has 7 heteroatoms. The summed E-state index contributed by atoms with van der Waals surface area (Å²) in [5.74, 6) is -0.546. The van der Waals surface area contributed by atoms with Gasteiger partial charge >= 0.3 is 0 Å². The molecular formula is C29H37Cl2NO3S. The van der Waals surface area contributed by atoms with Crippen molar-refractivity contribution in [3.63, 3.8) is 0 Å². The molecule has 0 spiro atoms. The Morgan fingerprint density at radius 2 is 1.78 bits per heavy atom. The molecule has 196 valence electrons. The summed E-state index contributed by atoms with van der Waals surface area (Å²) in [6, 6.07) is 15.6. The number of rotatable bonds is 10. The van der Waals surface area contributed by atoms with Crippen molar-refractivity contribution in [3.05, 3.63) is 82.4 Å². The molecule has 1 saturated carbocycles. The molecule has 4 nitrogen and oxygen atoms in total. The minimum Gasteiger partial charge on any atom is -0.299 e. The van der Waals surface area contributed by atoms with E-state index in [4.69, 9.17) is 23.2 Å². The smallest absolute Gasteiger partial charge is 0.211 e. The quantitative estimate of drug-likeness (QED) is 0.317. The van der Waals surface area contributed by atoms with Gasteiger partial charge in [-0.2, -0.15) is 0 Å². The minimum absolute atomic E-state index is 0.00144. The zero-order valence-corrected chi connectivity index (χ0v) is 23.8. The first-order valence-corrected chi connectivity index (χ1v) is 15.0. The average Bonchev–Trinajstić information content (AvgIpc) is 2.82. The zero-order valence-electron chi connectivity index (χ0n) is 21.5. The molecule has 2 aromatic carbocycles. The molecule has 0 saturated heterocycles. The van der Waals surface area contributed by atoms with Crippen molar-refractivity contribution in [1.82, 2.24) is 4.72 Å². The largest absolute Gasteiger partial charge is 0.299 e. The van der Waals surface area contributed by atoms with Crippen LogP contribution in [-0.4, -0.2) is 26.5 Å². The number of Topliss-reactive ketones (excluding diaryl/α,β-unsaturated/α-hetero) is 1. The van der Waals surface area contributed by atoms with Crippen LogP contribution in [0.15, 0.2) is 61.2 Å². The van der Waals surface area contributed by atoms with Crippen molar-refractivity contribution in [2.45, 2.75) is 52.4 Å². The van der Waals surface area contributed by atoms with Crippen molar-refractivity contribution >= 4 is 39.0 Å². The van der Waals surface area contributed by atoms with Gasteiger partial charge in [-0.3, -0.25) is 4.79 Å². The van der Waals surface area contributed by atoms with E-state index in [1.807, 2.05) is 55.5 Å². The molecule has 0 radical (unpaired) electrons. The molecule has 2 aromatic rings. The van der Waals surface area contributed by atoms with Gasteiger partial charge in [0.05, 0.1) is 5.75 Å². The molecule has 3 rings (SSSR count). The van der Waals surface area contributed by atoms with Gasteiger partial charge < -0.3 is 0 Å². The lowest BCUT2D eigenvalue weighted by molar-refractivity contribution is -0.140. The fourth-order valence-corrected chi connectivity index (χ4v) is 6.76. The van der Waals surface area contributed by atoms with Crippen LogP contribution >= 0.6 is 23.2 Å². The lowest BCUT2D eigenvalue weighted by atomic mass is 9.53. The molecule has 0 heterocycles. The van der Waals surface area contributed by atoms with E-state index in [-0.39, 0.29) is 41.8 Å². The van der Waals surface area contributed by atoms with Crippen molar-refractivity contribution < 1.29 is 13.2 Å². The third kappa shape index (κ3) is 6.42. The highest BCUT2D eigenvalue weighted by Gasteiger charge is 2.53. The molecule has 0 amide bonds. The molecule has 1 aliphatic rings. The number of benzene rings is 2. The van der Waals surface area contributed by atoms with Crippen molar-refractivity contribution in [2.24, 2.45) is 23.2 Å². The monoisotopic (exact) mass is 549 g/mol. The van der Waals surface area contributed by atoms with E-state index in [0.29, 0.717) is 22.9 Å². The van der Waals surface area contributed by atoms with Gasteiger partial charge in [0.25, 0.3) is 0 Å². The summed E-state index contributed by atoms with van der Waals surface area (Å²) < 4.78 is 27.6. The third-order valence-electron chi connectivity index (χ3n) is 7.75. The summed E-state index contributed by atoms with van der Waals surface area (Å²) in [6.07, 6.45) is 3.02. The van der Waals surface area contributed by atoms with Gasteiger partial charge in [0.15, 0.2) is 0 Å². The number of nitrogens with one attached hydrogen (secondary N) is 1. The van der Waals surface area contributed by atoms with Crippen molar-refractivity contribution in [3.8, 4) is 0 Å². The number of hydrogen-bond donors (Lipinski definition) is 1. The maximum Gasteiger partial charge on any atom is 0.211 e. The van der Waals surface area contributed by atoms with Gasteiger partial charge in [-0.1, -0.05) is 74.3 Å². The highest BCUT2D eigenvalue weighted by atomic mass is 35.5. The maximum absolute atomic E-state index is 14.4. The lowest BCUT2D eigenvalue weighted by Gasteiger charge is -2.50. The van der Waals surface area contributed by atoms with E-state index in [1.165, 1.54) is 0 Å². The summed E-state index contributed by atoms with van der Waals surface area (Å²) >= 11 is 12.7. The normalized spacial score (nSPS) is 25.6. The molecule has 1 aliphatic carbocycles. The Kier molecular flexibility index (Phi) is 9.48. The molecule has 36 heavy (non-hydrogen) atoms. The van der Waals surface area contributed by atoms with Gasteiger partial charge in [0.1, 0.15) is 5.78 Å². The average molecular weight is 551 g/mol. The van der Waals surface area contributed by atoms with Crippen LogP contribution in [-0.2, 0) is 14.8 Å². The number of allylic oxidation sites excluding steroid dienone is 1. The number of sulfonamides is 1. The molecule has 1 fully saturated rings. The van der Waals surface area contributed by atoms with Crippen LogP contribution in [0.5, 0.6) is 0 Å². The molecule has 0 bridgehead atoms. The Hall–Kier alpha value is -1.66. The van der Waals surface area contributed by atoms with Gasteiger partial charge in [0, 0.05) is 33.8 Å². The fraction of sp³-hybridized carbons (Fsp3) is 0.483. The molecular weight excluding hydrogens is 513 g/mol. The summed E-state index contributed by atoms with van der Waals surface area (Å²) in [5, 5.41) is 1.28. The van der Waals surface area contributed by atoms with Crippen LogP contribution in [0.2, 0.25) is 10.0 Å². The van der Waals surface area contributed by atoms with E-state index >= 15 is 0 Å². The summed E-state index contributed by atoms with van der Waals surface area (Å²) in [6.45, 7) is 11.9. The maximum atomic E-state index is 14.4. The second-order valence-electron chi connectivity index (χ2n) is 10.5. The summed E-state index contributed by atoms with van der Waals surface area (Å²) in [4.78, 5) is 14.4. The first-order chi connectivity index (χ1) is 16.9. The Morgan fingerprint density at radius 1 is 1.11 bits per heavy atom. The Morgan fingerprint density at radius 3 is 2.33 bits per heavy atom. The minimum atomic E-state index is -3.41. The fourth-order valence-electron chi connectivity index (χ4n) is 5.78. The van der Waals surface area contributed by atoms with Gasteiger partial charge in [-0.05, 0) is 72.9 Å². The number of halogens is 2. The highest BCUT2D eigenvalue weighted by Crippen LogP contribution is 2.56. The summed E-state index contributed by atoms with van der Waals surface area (Å²) in [5.41, 5.74) is 1.47. The van der Waals surface area contributed by atoms with Crippen LogP contribution in [0, 0.1) is 23.2 Å². The Bertz CT molecular complexity index is 1180. The summed E-state index contributed by atoms with van der Waals surface area (Å²) in [7, 11) is -3.41. The molecule has 5 atom stereocenters. The van der Waals surface area contributed by atoms with E-state index < -0.39 is 21.4 Å². The third-order valence-corrected chi connectivity index (χ3v) is 9.61. The molecule has 0 aromatic heterocycles. The van der Waals surface area contributed by atoms with Crippen LogP contribution in [0.1, 0.15) is 63.5 Å². The van der Waals surface area contributed by atoms with Crippen LogP contribution in [0.4, 0.5) is 0 Å². The first-order valence-electron chi connectivity index (χ1n) is 12.6. The zero-order chi connectivity index (χ0) is 26.7. The van der Waals surface area contributed by atoms with Crippen molar-refractivity contribution in [1.29, 1.82) is 0 Å². The van der Waals surface area contributed by atoms with Crippen LogP contribution in [0.25, 0.3) is 0 Å². The van der Waals surface area contributed by atoms with Crippen LogP contribution in [0.3, 0.4) is 0 Å². The SMILES string of the molecule is C=CC[C@@]1(C)C[C@H](c2cccc(Cl)c2)[C@@H](c2ccc(Cl)cc2)C([C@H](CNS(=O)(=O)CC)C(C)C)C1=O. The van der Waals surface area contributed by atoms with Crippen molar-refractivity contribution in [2.75, 3.05) is 12.3 Å². The topological polar surface area (TPSA) is 63.2 Å². The molecule has 0 aliphatic heterocycles. The van der Waals surface area contributed by atoms with E-state index in [0.717, 1.165) is 11.1 Å². The predicted molar refractivity (Wildman–Crippen MR) is 150 cm³/mol. The van der Waals surface area contributed by atoms with Gasteiger partial charge in [0.2, 0.25) is 10.0 Å². The Labute approximate surface area is 226 Å². The highest BCUT2D eigenvalue weighted by molar-refractivity contribution is 7.89. The molecule has 1 unspecified atom stereocenters. The van der Waals surface area contributed by atoms with E-state index in [1.54, 1.807) is 6.92 Å². The second-order valence-corrected chi connectivity index (χ2v) is 13.5. The van der Waals surface area contributed by atoms with E-state index in [9.17, 15) is 13.2 Å². The second kappa shape index (κ2) is 11.8. The molecule has 1 N–H and O–H groups in total. The van der Waals surface area contributed by atoms with E-state index in [2.05, 4.69) is 31.2 Å².